The van der Waals surface area contributed by atoms with Gasteiger partial charge in [-0.15, -0.1) is 0 Å². The van der Waals surface area contributed by atoms with Gasteiger partial charge in [0.2, 0.25) is 0 Å². The predicted octanol–water partition coefficient (Wildman–Crippen LogP) is 2.70. The quantitative estimate of drug-likeness (QED) is 0.677. The number of rotatable bonds is 3. The van der Waals surface area contributed by atoms with Crippen LogP contribution in [-0.2, 0) is 6.42 Å². The van der Waals surface area contributed by atoms with E-state index in [2.05, 4.69) is 13.0 Å². The van der Waals surface area contributed by atoms with E-state index in [1.54, 1.807) is 0 Å². The molecule has 2 rings (SSSR count). The second-order valence-electron chi connectivity index (χ2n) is 3.42. The SMILES string of the molecule is CCCc1cc2ccccn2c1C=O. The van der Waals surface area contributed by atoms with Gasteiger partial charge in [-0.2, -0.15) is 0 Å². The van der Waals surface area contributed by atoms with Crippen LogP contribution >= 0.6 is 0 Å². The van der Waals surface area contributed by atoms with Crippen molar-refractivity contribution in [1.29, 1.82) is 0 Å². The van der Waals surface area contributed by atoms with E-state index in [-0.39, 0.29) is 0 Å². The number of nitrogens with zero attached hydrogens (tertiary/aromatic N) is 1. The number of carbonyl (C=O) groups is 1. The summed E-state index contributed by atoms with van der Waals surface area (Å²) in [5.74, 6) is 0. The molecule has 2 aromatic heterocycles. The summed E-state index contributed by atoms with van der Waals surface area (Å²) in [6.45, 7) is 2.12. The fourth-order valence-corrected chi connectivity index (χ4v) is 1.80. The minimum atomic E-state index is 0.794. The molecule has 72 valence electrons. The van der Waals surface area contributed by atoms with E-state index in [0.717, 1.165) is 35.9 Å². The largest absolute Gasteiger partial charge is 0.314 e. The molecule has 0 aliphatic rings. The molecule has 0 fully saturated rings. The average molecular weight is 187 g/mol. The van der Waals surface area contributed by atoms with Gasteiger partial charge in [0.05, 0.1) is 5.69 Å². The second-order valence-corrected chi connectivity index (χ2v) is 3.42. The first-order valence-corrected chi connectivity index (χ1v) is 4.91. The molecule has 0 amide bonds. The van der Waals surface area contributed by atoms with Crippen LogP contribution < -0.4 is 0 Å². The molecule has 2 nitrogen and oxygen atoms in total. The van der Waals surface area contributed by atoms with Crippen LogP contribution in [0.15, 0.2) is 30.5 Å². The maximum Gasteiger partial charge on any atom is 0.167 e. The molecule has 0 radical (unpaired) electrons. The minimum Gasteiger partial charge on any atom is -0.314 e. The maximum atomic E-state index is 11.0. The number of hydrogen-bond acceptors (Lipinski definition) is 1. The van der Waals surface area contributed by atoms with Gasteiger partial charge in [0, 0.05) is 11.7 Å². The van der Waals surface area contributed by atoms with Crippen molar-refractivity contribution in [1.82, 2.24) is 4.40 Å². The van der Waals surface area contributed by atoms with Gasteiger partial charge in [0.15, 0.2) is 6.29 Å². The molecule has 0 aliphatic carbocycles. The highest BCUT2D eigenvalue weighted by molar-refractivity contribution is 5.78. The third kappa shape index (κ3) is 1.33. The lowest BCUT2D eigenvalue weighted by molar-refractivity contribution is 0.111. The van der Waals surface area contributed by atoms with Gasteiger partial charge in [-0.25, -0.2) is 0 Å². The minimum absolute atomic E-state index is 0.794. The monoisotopic (exact) mass is 187 g/mol. The first kappa shape index (κ1) is 9.00. The van der Waals surface area contributed by atoms with E-state index in [9.17, 15) is 4.79 Å². The molecular formula is C12H13NO. The Morgan fingerprint density at radius 3 is 3.00 bits per heavy atom. The van der Waals surface area contributed by atoms with E-state index in [0.29, 0.717) is 0 Å². The van der Waals surface area contributed by atoms with Crippen molar-refractivity contribution in [3.63, 3.8) is 0 Å². The number of aldehydes is 1. The average Bonchev–Trinajstić information content (AvgIpc) is 2.55. The van der Waals surface area contributed by atoms with Gasteiger partial charge in [0.1, 0.15) is 0 Å². The Kier molecular flexibility index (Phi) is 2.35. The number of fused-ring (bicyclic) bond motifs is 1. The third-order valence-corrected chi connectivity index (χ3v) is 2.43. The standard InChI is InChI=1S/C12H13NO/c1-2-5-10-8-11-6-3-4-7-13(11)12(10)9-14/h3-4,6-9H,2,5H2,1H3. The van der Waals surface area contributed by atoms with Crippen molar-refractivity contribution in [3.8, 4) is 0 Å². The summed E-state index contributed by atoms with van der Waals surface area (Å²) >= 11 is 0. The molecule has 0 saturated carbocycles. The Bertz CT molecular complexity index is 456. The summed E-state index contributed by atoms with van der Waals surface area (Å²) in [6.07, 6.45) is 4.91. The molecule has 0 aliphatic heterocycles. The van der Waals surface area contributed by atoms with E-state index < -0.39 is 0 Å². The Hall–Kier alpha value is -1.57. The van der Waals surface area contributed by atoms with Crippen LogP contribution in [0.4, 0.5) is 0 Å². The lowest BCUT2D eigenvalue weighted by Crippen LogP contribution is -1.93. The molecule has 2 aromatic rings. The van der Waals surface area contributed by atoms with Gasteiger partial charge in [0.25, 0.3) is 0 Å². The molecule has 2 heteroatoms. The Balaban J connectivity index is 2.65. The fourth-order valence-electron chi connectivity index (χ4n) is 1.80. The van der Waals surface area contributed by atoms with Crippen LogP contribution in [0.3, 0.4) is 0 Å². The molecule has 2 heterocycles. The normalized spacial score (nSPS) is 10.6. The fraction of sp³-hybridized carbons (Fsp3) is 0.250. The van der Waals surface area contributed by atoms with Gasteiger partial charge >= 0.3 is 0 Å². The number of pyridine rings is 1. The second kappa shape index (κ2) is 3.66. The molecule has 0 atom stereocenters. The van der Waals surface area contributed by atoms with Crippen LogP contribution in [0.1, 0.15) is 29.4 Å². The highest BCUT2D eigenvalue weighted by Crippen LogP contribution is 2.16. The molecule has 0 saturated heterocycles. The van der Waals surface area contributed by atoms with Crippen molar-refractivity contribution in [3.05, 3.63) is 41.7 Å². The molecule has 14 heavy (non-hydrogen) atoms. The van der Waals surface area contributed by atoms with E-state index >= 15 is 0 Å². The summed E-state index contributed by atoms with van der Waals surface area (Å²) in [7, 11) is 0. The summed E-state index contributed by atoms with van der Waals surface area (Å²) < 4.78 is 1.94. The van der Waals surface area contributed by atoms with Gasteiger partial charge in [-0.3, -0.25) is 4.79 Å². The van der Waals surface area contributed by atoms with Gasteiger partial charge in [-0.05, 0) is 30.2 Å². The summed E-state index contributed by atoms with van der Waals surface area (Å²) in [5, 5.41) is 0. The van der Waals surface area contributed by atoms with Crippen molar-refractivity contribution in [2.45, 2.75) is 19.8 Å². The molecule has 0 bridgehead atoms. The van der Waals surface area contributed by atoms with Crippen LogP contribution in [-0.4, -0.2) is 10.7 Å². The van der Waals surface area contributed by atoms with Crippen LogP contribution in [0.25, 0.3) is 5.52 Å². The highest BCUT2D eigenvalue weighted by atomic mass is 16.1. The summed E-state index contributed by atoms with van der Waals surface area (Å²) in [4.78, 5) is 11.0. The maximum absolute atomic E-state index is 11.0. The zero-order valence-electron chi connectivity index (χ0n) is 8.23. The summed E-state index contributed by atoms with van der Waals surface area (Å²) in [5.41, 5.74) is 3.04. The van der Waals surface area contributed by atoms with Crippen molar-refractivity contribution in [2.75, 3.05) is 0 Å². The molecule has 0 aromatic carbocycles. The first-order chi connectivity index (χ1) is 6.86. The van der Waals surface area contributed by atoms with Gasteiger partial charge in [-0.1, -0.05) is 19.4 Å². The van der Waals surface area contributed by atoms with E-state index in [1.165, 1.54) is 0 Å². The van der Waals surface area contributed by atoms with Crippen molar-refractivity contribution in [2.24, 2.45) is 0 Å². The van der Waals surface area contributed by atoms with Crippen molar-refractivity contribution < 1.29 is 4.79 Å². The van der Waals surface area contributed by atoms with E-state index in [1.807, 2.05) is 28.8 Å². The molecule has 0 N–H and O–H groups in total. The van der Waals surface area contributed by atoms with E-state index in [4.69, 9.17) is 0 Å². The van der Waals surface area contributed by atoms with Crippen LogP contribution in [0, 0.1) is 0 Å². The zero-order valence-corrected chi connectivity index (χ0v) is 8.23. The Morgan fingerprint density at radius 1 is 1.43 bits per heavy atom. The highest BCUT2D eigenvalue weighted by Gasteiger charge is 2.07. The lowest BCUT2D eigenvalue weighted by atomic mass is 10.1. The number of carbonyl (C=O) groups excluding carboxylic acids is 1. The lowest BCUT2D eigenvalue weighted by Gasteiger charge is -1.97. The van der Waals surface area contributed by atoms with Gasteiger partial charge < -0.3 is 4.40 Å². The number of hydrogen-bond donors (Lipinski definition) is 0. The Morgan fingerprint density at radius 2 is 2.29 bits per heavy atom. The van der Waals surface area contributed by atoms with Crippen molar-refractivity contribution >= 4 is 11.8 Å². The number of aryl methyl sites for hydroxylation is 1. The molecule has 0 unspecified atom stereocenters. The zero-order chi connectivity index (χ0) is 9.97. The summed E-state index contributed by atoms with van der Waals surface area (Å²) in [6, 6.07) is 8.04. The first-order valence-electron chi connectivity index (χ1n) is 4.91. The predicted molar refractivity (Wildman–Crippen MR) is 56.8 cm³/mol. The smallest absolute Gasteiger partial charge is 0.167 e. The number of aromatic nitrogens is 1. The van der Waals surface area contributed by atoms with Crippen LogP contribution in [0.5, 0.6) is 0 Å². The Labute approximate surface area is 83.2 Å². The molecule has 0 spiro atoms. The van der Waals surface area contributed by atoms with Crippen LogP contribution in [0.2, 0.25) is 0 Å². The molecular weight excluding hydrogens is 174 g/mol. The topological polar surface area (TPSA) is 21.5 Å². The third-order valence-electron chi connectivity index (χ3n) is 2.43.